The summed E-state index contributed by atoms with van der Waals surface area (Å²) in [5.41, 5.74) is 1.07. The van der Waals surface area contributed by atoms with E-state index in [1.165, 1.54) is 17.7 Å². The van der Waals surface area contributed by atoms with E-state index in [0.717, 1.165) is 47.8 Å². The highest BCUT2D eigenvalue weighted by Gasteiger charge is 2.20. The number of hydrogen-bond donors (Lipinski definition) is 2. The van der Waals surface area contributed by atoms with Crippen LogP contribution < -0.4 is 10.9 Å². The first-order valence-corrected chi connectivity index (χ1v) is 8.76. The van der Waals surface area contributed by atoms with Crippen LogP contribution in [0.1, 0.15) is 29.1 Å². The van der Waals surface area contributed by atoms with Crippen LogP contribution in [0.3, 0.4) is 0 Å². The molecule has 7 heteroatoms. The predicted molar refractivity (Wildman–Crippen MR) is 98.9 cm³/mol. The summed E-state index contributed by atoms with van der Waals surface area (Å²) in [5.74, 6) is 1.49. The van der Waals surface area contributed by atoms with E-state index in [0.29, 0.717) is 5.92 Å². The molecule has 2 N–H and O–H groups in total. The number of nitrogens with zero attached hydrogens (tertiary/aromatic N) is 2. The molecule has 23 heavy (non-hydrogen) atoms. The Balaban J connectivity index is 0.00000192. The standard InChI is InChI=1S/C16H24N4OS.ClH/c1-10-11(2)22-16-14(10)15(21)18-13(19-16)9-20-6-4-5-12(8-20)7-17-3;/h12,17H,4-9H2,1-3H3,(H,18,19,21);1H. The highest BCUT2D eigenvalue weighted by Crippen LogP contribution is 2.26. The number of aromatic nitrogens is 2. The van der Waals surface area contributed by atoms with Crippen LogP contribution in [0, 0.1) is 19.8 Å². The number of piperidine rings is 1. The zero-order valence-electron chi connectivity index (χ0n) is 13.9. The number of likely N-dealkylation sites (tertiary alicyclic amines) is 1. The second kappa shape index (κ2) is 7.75. The summed E-state index contributed by atoms with van der Waals surface area (Å²) in [6, 6.07) is 0. The van der Waals surface area contributed by atoms with Crippen molar-refractivity contribution in [2.75, 3.05) is 26.7 Å². The van der Waals surface area contributed by atoms with Crippen molar-refractivity contribution >= 4 is 34.0 Å². The van der Waals surface area contributed by atoms with Crippen LogP contribution in [-0.4, -0.2) is 41.5 Å². The molecule has 2 aromatic heterocycles. The lowest BCUT2D eigenvalue weighted by molar-refractivity contribution is 0.163. The summed E-state index contributed by atoms with van der Waals surface area (Å²) in [7, 11) is 2.01. The topological polar surface area (TPSA) is 61.0 Å². The van der Waals surface area contributed by atoms with Gasteiger partial charge in [0.15, 0.2) is 0 Å². The van der Waals surface area contributed by atoms with Crippen molar-refractivity contribution in [2.24, 2.45) is 5.92 Å². The number of nitrogens with one attached hydrogen (secondary N) is 2. The molecule has 0 spiro atoms. The molecule has 0 bridgehead atoms. The molecule has 1 saturated heterocycles. The normalized spacial score (nSPS) is 19.0. The summed E-state index contributed by atoms with van der Waals surface area (Å²) in [6.07, 6.45) is 2.50. The highest BCUT2D eigenvalue weighted by atomic mass is 35.5. The Morgan fingerprint density at radius 2 is 2.22 bits per heavy atom. The van der Waals surface area contributed by atoms with E-state index >= 15 is 0 Å². The molecule has 3 heterocycles. The summed E-state index contributed by atoms with van der Waals surface area (Å²) in [5, 5.41) is 4.03. The maximum Gasteiger partial charge on any atom is 0.259 e. The third kappa shape index (κ3) is 3.94. The van der Waals surface area contributed by atoms with Gasteiger partial charge in [-0.1, -0.05) is 0 Å². The Bertz CT molecular complexity index is 725. The fourth-order valence-corrected chi connectivity index (χ4v) is 4.38. The van der Waals surface area contributed by atoms with Crippen LogP contribution in [0.15, 0.2) is 4.79 Å². The number of aryl methyl sites for hydroxylation is 2. The van der Waals surface area contributed by atoms with Gasteiger partial charge in [0.1, 0.15) is 10.7 Å². The maximum atomic E-state index is 12.3. The lowest BCUT2D eigenvalue weighted by Gasteiger charge is -2.32. The number of halogens is 1. The fourth-order valence-electron chi connectivity index (χ4n) is 3.34. The quantitative estimate of drug-likeness (QED) is 0.883. The van der Waals surface area contributed by atoms with Crippen molar-refractivity contribution in [3.63, 3.8) is 0 Å². The van der Waals surface area contributed by atoms with Crippen molar-refractivity contribution in [3.8, 4) is 0 Å². The molecule has 128 valence electrons. The van der Waals surface area contributed by atoms with Gasteiger partial charge < -0.3 is 10.3 Å². The Hall–Kier alpha value is -0.950. The zero-order chi connectivity index (χ0) is 15.7. The number of aromatic amines is 1. The van der Waals surface area contributed by atoms with Gasteiger partial charge in [-0.05, 0) is 58.3 Å². The van der Waals surface area contributed by atoms with Gasteiger partial charge in [0.2, 0.25) is 0 Å². The van der Waals surface area contributed by atoms with Gasteiger partial charge in [-0.15, -0.1) is 23.7 Å². The Morgan fingerprint density at radius 3 is 2.96 bits per heavy atom. The Morgan fingerprint density at radius 1 is 1.43 bits per heavy atom. The van der Waals surface area contributed by atoms with Crippen molar-refractivity contribution in [3.05, 3.63) is 26.6 Å². The molecule has 0 aromatic carbocycles. The summed E-state index contributed by atoms with van der Waals surface area (Å²) < 4.78 is 0. The molecule has 1 aliphatic heterocycles. The first-order chi connectivity index (χ1) is 10.6. The van der Waals surface area contributed by atoms with E-state index < -0.39 is 0 Å². The lowest BCUT2D eigenvalue weighted by Crippen LogP contribution is -2.39. The molecule has 0 radical (unpaired) electrons. The van der Waals surface area contributed by atoms with Gasteiger partial charge in [-0.2, -0.15) is 0 Å². The molecular weight excluding hydrogens is 332 g/mol. The highest BCUT2D eigenvalue weighted by molar-refractivity contribution is 7.18. The minimum atomic E-state index is 0. The monoisotopic (exact) mass is 356 g/mol. The Labute approximate surface area is 146 Å². The van der Waals surface area contributed by atoms with E-state index in [-0.39, 0.29) is 18.0 Å². The van der Waals surface area contributed by atoms with E-state index in [4.69, 9.17) is 0 Å². The van der Waals surface area contributed by atoms with Crippen LogP contribution in [-0.2, 0) is 6.54 Å². The first kappa shape index (κ1) is 18.4. The number of hydrogen-bond acceptors (Lipinski definition) is 5. The van der Waals surface area contributed by atoms with Crippen LogP contribution >= 0.6 is 23.7 Å². The smallest absolute Gasteiger partial charge is 0.259 e. The molecular formula is C16H25ClN4OS. The minimum absolute atomic E-state index is 0. The second-order valence-electron chi connectivity index (χ2n) is 6.28. The van der Waals surface area contributed by atoms with E-state index in [9.17, 15) is 4.79 Å². The SMILES string of the molecule is CNCC1CCCN(Cc2nc3sc(C)c(C)c3c(=O)[nH]2)C1.Cl. The van der Waals surface area contributed by atoms with Crippen LogP contribution in [0.2, 0.25) is 0 Å². The molecule has 1 atom stereocenters. The van der Waals surface area contributed by atoms with Gasteiger partial charge in [0.05, 0.1) is 11.9 Å². The van der Waals surface area contributed by atoms with Gasteiger partial charge in [-0.3, -0.25) is 9.69 Å². The van der Waals surface area contributed by atoms with E-state index in [2.05, 4.69) is 20.2 Å². The molecule has 2 aromatic rings. The summed E-state index contributed by atoms with van der Waals surface area (Å²) >= 11 is 1.62. The summed E-state index contributed by atoms with van der Waals surface area (Å²) in [6.45, 7) is 8.01. The van der Waals surface area contributed by atoms with Gasteiger partial charge in [0, 0.05) is 11.4 Å². The van der Waals surface area contributed by atoms with Gasteiger partial charge in [0.25, 0.3) is 5.56 Å². The number of H-pyrrole nitrogens is 1. The molecule has 0 aliphatic carbocycles. The van der Waals surface area contributed by atoms with Crippen molar-refractivity contribution in [1.82, 2.24) is 20.2 Å². The Kier molecular flexibility index (Phi) is 6.19. The number of thiophene rings is 1. The largest absolute Gasteiger partial charge is 0.319 e. The average Bonchev–Trinajstić information content (AvgIpc) is 2.75. The van der Waals surface area contributed by atoms with Gasteiger partial charge in [-0.25, -0.2) is 4.98 Å². The first-order valence-electron chi connectivity index (χ1n) is 7.94. The second-order valence-corrected chi connectivity index (χ2v) is 7.48. The number of rotatable bonds is 4. The summed E-state index contributed by atoms with van der Waals surface area (Å²) in [4.78, 5) is 24.5. The molecule has 1 unspecified atom stereocenters. The zero-order valence-corrected chi connectivity index (χ0v) is 15.6. The van der Waals surface area contributed by atoms with Gasteiger partial charge >= 0.3 is 0 Å². The molecule has 0 amide bonds. The molecule has 3 rings (SSSR count). The molecule has 0 saturated carbocycles. The van der Waals surface area contributed by atoms with Crippen LogP contribution in [0.4, 0.5) is 0 Å². The number of fused-ring (bicyclic) bond motifs is 1. The maximum absolute atomic E-state index is 12.3. The fraction of sp³-hybridized carbons (Fsp3) is 0.625. The molecule has 1 fully saturated rings. The van der Waals surface area contributed by atoms with Crippen LogP contribution in [0.5, 0.6) is 0 Å². The predicted octanol–water partition coefficient (Wildman–Crippen LogP) is 2.45. The average molecular weight is 357 g/mol. The molecule has 5 nitrogen and oxygen atoms in total. The third-order valence-corrected chi connectivity index (χ3v) is 5.66. The van der Waals surface area contributed by atoms with Crippen molar-refractivity contribution in [2.45, 2.75) is 33.2 Å². The lowest BCUT2D eigenvalue weighted by atomic mass is 9.98. The van der Waals surface area contributed by atoms with E-state index in [1.54, 1.807) is 11.3 Å². The minimum Gasteiger partial charge on any atom is -0.319 e. The van der Waals surface area contributed by atoms with Crippen LogP contribution in [0.25, 0.3) is 10.2 Å². The third-order valence-electron chi connectivity index (χ3n) is 4.56. The van der Waals surface area contributed by atoms with E-state index in [1.807, 2.05) is 20.9 Å². The van der Waals surface area contributed by atoms with Crippen molar-refractivity contribution in [1.29, 1.82) is 0 Å². The van der Waals surface area contributed by atoms with Crippen molar-refractivity contribution < 1.29 is 0 Å². The molecule has 1 aliphatic rings.